The smallest absolute Gasteiger partial charge is 0.319 e. The zero-order valence-corrected chi connectivity index (χ0v) is 10.1. The standard InChI is InChI=1S/C10H20O3S/c1-4-6-9(10(11)13-5-2)14-8-7-12-3/h9H,4-8H2,1-3H3. The molecule has 0 heterocycles. The van der Waals surface area contributed by atoms with Gasteiger partial charge in [0.05, 0.1) is 13.2 Å². The lowest BCUT2D eigenvalue weighted by Gasteiger charge is -2.13. The summed E-state index contributed by atoms with van der Waals surface area (Å²) in [6, 6.07) is 0. The maximum atomic E-state index is 11.4. The zero-order chi connectivity index (χ0) is 10.8. The van der Waals surface area contributed by atoms with E-state index in [1.807, 2.05) is 6.92 Å². The van der Waals surface area contributed by atoms with Crippen molar-refractivity contribution in [2.75, 3.05) is 26.1 Å². The SMILES string of the molecule is CCCC(SCCOC)C(=O)OCC. The number of hydrogen-bond donors (Lipinski definition) is 0. The van der Waals surface area contributed by atoms with E-state index in [9.17, 15) is 4.79 Å². The summed E-state index contributed by atoms with van der Waals surface area (Å²) in [5.41, 5.74) is 0. The zero-order valence-electron chi connectivity index (χ0n) is 9.25. The van der Waals surface area contributed by atoms with Crippen LogP contribution in [0.2, 0.25) is 0 Å². The molecular formula is C10H20O3S. The Balaban J connectivity index is 3.81. The van der Waals surface area contributed by atoms with Crippen molar-refractivity contribution in [2.45, 2.75) is 31.9 Å². The molecule has 0 aromatic carbocycles. The van der Waals surface area contributed by atoms with Crippen molar-refractivity contribution in [1.29, 1.82) is 0 Å². The summed E-state index contributed by atoms with van der Waals surface area (Å²) in [6.45, 7) is 5.05. The summed E-state index contributed by atoms with van der Waals surface area (Å²) in [6.07, 6.45) is 1.89. The first kappa shape index (κ1) is 13.8. The summed E-state index contributed by atoms with van der Waals surface area (Å²) in [4.78, 5) is 11.4. The quantitative estimate of drug-likeness (QED) is 0.463. The van der Waals surface area contributed by atoms with E-state index in [4.69, 9.17) is 9.47 Å². The van der Waals surface area contributed by atoms with Crippen molar-refractivity contribution in [3.8, 4) is 0 Å². The summed E-state index contributed by atoms with van der Waals surface area (Å²) >= 11 is 1.62. The van der Waals surface area contributed by atoms with Crippen LogP contribution in [0.4, 0.5) is 0 Å². The molecule has 1 unspecified atom stereocenters. The van der Waals surface area contributed by atoms with Crippen LogP contribution in [0.5, 0.6) is 0 Å². The number of rotatable bonds is 8. The number of ether oxygens (including phenoxy) is 2. The number of thioether (sulfide) groups is 1. The predicted octanol–water partition coefficient (Wildman–Crippen LogP) is 2.10. The normalized spacial score (nSPS) is 12.5. The monoisotopic (exact) mass is 220 g/mol. The van der Waals surface area contributed by atoms with Gasteiger partial charge in [0.2, 0.25) is 0 Å². The van der Waals surface area contributed by atoms with Gasteiger partial charge >= 0.3 is 5.97 Å². The Labute approximate surface area is 90.5 Å². The lowest BCUT2D eigenvalue weighted by Crippen LogP contribution is -2.21. The van der Waals surface area contributed by atoms with Crippen LogP contribution >= 0.6 is 11.8 Å². The van der Waals surface area contributed by atoms with Crippen molar-refractivity contribution in [3.05, 3.63) is 0 Å². The minimum absolute atomic E-state index is 0.0184. The highest BCUT2D eigenvalue weighted by Gasteiger charge is 2.18. The summed E-state index contributed by atoms with van der Waals surface area (Å²) < 4.78 is 9.92. The lowest BCUT2D eigenvalue weighted by atomic mass is 10.2. The molecule has 0 aromatic heterocycles. The van der Waals surface area contributed by atoms with Crippen LogP contribution in [0.3, 0.4) is 0 Å². The van der Waals surface area contributed by atoms with Gasteiger partial charge in [-0.2, -0.15) is 0 Å². The summed E-state index contributed by atoms with van der Waals surface area (Å²) in [5, 5.41) is -0.0184. The van der Waals surface area contributed by atoms with Gasteiger partial charge in [-0.05, 0) is 13.3 Å². The summed E-state index contributed by atoms with van der Waals surface area (Å²) in [5.74, 6) is 0.760. The van der Waals surface area contributed by atoms with Gasteiger partial charge in [0.15, 0.2) is 0 Å². The Morgan fingerprint density at radius 3 is 2.64 bits per heavy atom. The van der Waals surface area contributed by atoms with Crippen LogP contribution in [-0.4, -0.2) is 37.3 Å². The van der Waals surface area contributed by atoms with Crippen LogP contribution in [-0.2, 0) is 14.3 Å². The number of carbonyl (C=O) groups excluding carboxylic acids is 1. The highest BCUT2D eigenvalue weighted by atomic mass is 32.2. The van der Waals surface area contributed by atoms with Crippen molar-refractivity contribution < 1.29 is 14.3 Å². The van der Waals surface area contributed by atoms with E-state index in [1.54, 1.807) is 18.9 Å². The van der Waals surface area contributed by atoms with Crippen LogP contribution in [0, 0.1) is 0 Å². The Hall–Kier alpha value is -0.220. The fourth-order valence-electron chi connectivity index (χ4n) is 1.04. The second kappa shape index (κ2) is 9.34. The number of carbonyl (C=O) groups is 1. The van der Waals surface area contributed by atoms with E-state index in [1.165, 1.54) is 0 Å². The second-order valence-corrected chi connectivity index (χ2v) is 4.20. The molecule has 0 N–H and O–H groups in total. The molecule has 0 saturated carbocycles. The molecular weight excluding hydrogens is 200 g/mol. The summed E-state index contributed by atoms with van der Waals surface area (Å²) in [7, 11) is 1.67. The van der Waals surface area contributed by atoms with Crippen LogP contribution in [0.1, 0.15) is 26.7 Å². The fourth-order valence-corrected chi connectivity index (χ4v) is 2.19. The van der Waals surface area contributed by atoms with Gasteiger partial charge in [-0.25, -0.2) is 0 Å². The first-order valence-electron chi connectivity index (χ1n) is 5.03. The molecule has 0 amide bonds. The molecule has 0 spiro atoms. The van der Waals surface area contributed by atoms with E-state index < -0.39 is 0 Å². The van der Waals surface area contributed by atoms with E-state index in [2.05, 4.69) is 6.92 Å². The molecule has 84 valence electrons. The van der Waals surface area contributed by atoms with Gasteiger partial charge in [-0.15, -0.1) is 11.8 Å². The largest absolute Gasteiger partial charge is 0.465 e. The van der Waals surface area contributed by atoms with E-state index >= 15 is 0 Å². The number of hydrogen-bond acceptors (Lipinski definition) is 4. The Morgan fingerprint density at radius 2 is 2.14 bits per heavy atom. The van der Waals surface area contributed by atoms with Gasteiger partial charge in [0.1, 0.15) is 5.25 Å². The molecule has 0 radical (unpaired) electrons. The highest BCUT2D eigenvalue weighted by molar-refractivity contribution is 8.00. The third-order valence-corrected chi connectivity index (χ3v) is 2.94. The first-order chi connectivity index (χ1) is 6.76. The van der Waals surface area contributed by atoms with Gasteiger partial charge in [-0.1, -0.05) is 13.3 Å². The Kier molecular flexibility index (Phi) is 9.19. The molecule has 0 saturated heterocycles. The van der Waals surface area contributed by atoms with Crippen LogP contribution in [0.25, 0.3) is 0 Å². The van der Waals surface area contributed by atoms with E-state index in [-0.39, 0.29) is 11.2 Å². The van der Waals surface area contributed by atoms with Crippen molar-refractivity contribution in [1.82, 2.24) is 0 Å². The van der Waals surface area contributed by atoms with E-state index in [0.717, 1.165) is 18.6 Å². The first-order valence-corrected chi connectivity index (χ1v) is 6.08. The average molecular weight is 220 g/mol. The van der Waals surface area contributed by atoms with Gasteiger partial charge in [0, 0.05) is 12.9 Å². The molecule has 0 aliphatic heterocycles. The lowest BCUT2D eigenvalue weighted by molar-refractivity contribution is -0.142. The third kappa shape index (κ3) is 6.27. The molecule has 0 bridgehead atoms. The predicted molar refractivity (Wildman–Crippen MR) is 59.7 cm³/mol. The molecule has 0 aromatic rings. The fraction of sp³-hybridized carbons (Fsp3) is 0.900. The molecule has 1 atom stereocenters. The van der Waals surface area contributed by atoms with Crippen molar-refractivity contribution in [2.24, 2.45) is 0 Å². The molecule has 0 rings (SSSR count). The molecule has 4 heteroatoms. The van der Waals surface area contributed by atoms with Crippen LogP contribution in [0.15, 0.2) is 0 Å². The number of esters is 1. The highest BCUT2D eigenvalue weighted by Crippen LogP contribution is 2.17. The average Bonchev–Trinajstić information content (AvgIpc) is 2.17. The maximum Gasteiger partial charge on any atom is 0.319 e. The van der Waals surface area contributed by atoms with Gasteiger partial charge in [0.25, 0.3) is 0 Å². The molecule has 14 heavy (non-hydrogen) atoms. The topological polar surface area (TPSA) is 35.5 Å². The van der Waals surface area contributed by atoms with Gasteiger partial charge < -0.3 is 9.47 Å². The number of methoxy groups -OCH3 is 1. The van der Waals surface area contributed by atoms with Crippen LogP contribution < -0.4 is 0 Å². The molecule has 0 aliphatic carbocycles. The Morgan fingerprint density at radius 1 is 1.43 bits per heavy atom. The van der Waals surface area contributed by atoms with E-state index in [0.29, 0.717) is 13.2 Å². The Bertz CT molecular complexity index is 150. The van der Waals surface area contributed by atoms with Crippen molar-refractivity contribution in [3.63, 3.8) is 0 Å². The van der Waals surface area contributed by atoms with Crippen molar-refractivity contribution >= 4 is 17.7 Å². The third-order valence-electron chi connectivity index (χ3n) is 1.71. The second-order valence-electron chi connectivity index (χ2n) is 2.89. The van der Waals surface area contributed by atoms with Gasteiger partial charge in [-0.3, -0.25) is 4.79 Å². The minimum atomic E-state index is -0.0875. The molecule has 0 aliphatic rings. The minimum Gasteiger partial charge on any atom is -0.465 e. The molecule has 3 nitrogen and oxygen atoms in total. The maximum absolute atomic E-state index is 11.4. The molecule has 0 fully saturated rings.